The molecule has 0 unspecified atom stereocenters. The fourth-order valence-corrected chi connectivity index (χ4v) is 4.34. The van der Waals surface area contributed by atoms with Crippen LogP contribution in [-0.4, -0.2) is 42.0 Å². The molecule has 1 aliphatic rings. The molecule has 3 aromatic rings. The van der Waals surface area contributed by atoms with Crippen LogP contribution in [0.1, 0.15) is 36.2 Å². The quantitative estimate of drug-likeness (QED) is 0.700. The molecule has 1 aliphatic heterocycles. The number of carboxylic acids is 1. The molecule has 2 atom stereocenters. The van der Waals surface area contributed by atoms with Gasteiger partial charge in [-0.05, 0) is 29.8 Å². The third kappa shape index (κ3) is 3.07. The van der Waals surface area contributed by atoms with Crippen LogP contribution in [0.5, 0.6) is 11.5 Å². The lowest BCUT2D eigenvalue weighted by Gasteiger charge is -2.43. The first-order chi connectivity index (χ1) is 14.5. The van der Waals surface area contributed by atoms with Gasteiger partial charge in [-0.15, -0.1) is 0 Å². The van der Waals surface area contributed by atoms with Crippen molar-refractivity contribution < 1.29 is 24.2 Å². The predicted molar refractivity (Wildman–Crippen MR) is 109 cm³/mol. The number of aliphatic carboxylic acids is 1. The van der Waals surface area contributed by atoms with E-state index in [1.807, 2.05) is 24.3 Å². The summed E-state index contributed by atoms with van der Waals surface area (Å²) in [7, 11) is 3.10. The summed E-state index contributed by atoms with van der Waals surface area (Å²) in [6.45, 7) is 1.72. The molecule has 0 spiro atoms. The predicted octanol–water partition coefficient (Wildman–Crippen LogP) is 2.19. The Hall–Kier alpha value is -3.48. The van der Waals surface area contributed by atoms with E-state index in [2.05, 4.69) is 4.98 Å². The third-order valence-corrected chi connectivity index (χ3v) is 5.73. The number of para-hydroxylation sites is 1. The topological polar surface area (TPSA) is 94.7 Å². The summed E-state index contributed by atoms with van der Waals surface area (Å²) in [5, 5.41) is 13.1. The molecule has 1 amide bonds. The normalized spacial score (nSPS) is 18.2. The molecule has 0 radical (unpaired) electrons. The van der Waals surface area contributed by atoms with Crippen molar-refractivity contribution in [3.05, 3.63) is 59.3 Å². The standard InChI is InChI=1S/C23H24N2O5/c1-4-20(26)25-18(23(27)28)12-15-14-7-5-6-8-17(14)24-21(15)22(25)16-11-13(29-2)9-10-19(16)30-3/h5-11,18,22,24H,4,12H2,1-3H3,(H,27,28)/p-1/t18-,22+/m1/s1. The molecule has 2 heterocycles. The van der Waals surface area contributed by atoms with Gasteiger partial charge >= 0.3 is 0 Å². The van der Waals surface area contributed by atoms with E-state index in [0.29, 0.717) is 17.1 Å². The maximum atomic E-state index is 13.0. The van der Waals surface area contributed by atoms with E-state index in [-0.39, 0.29) is 18.7 Å². The molecule has 1 aromatic heterocycles. The summed E-state index contributed by atoms with van der Waals surface area (Å²) in [4.78, 5) is 30.0. The molecule has 156 valence electrons. The second-order valence-electron chi connectivity index (χ2n) is 7.27. The molecule has 7 heteroatoms. The number of carbonyl (C=O) groups is 2. The van der Waals surface area contributed by atoms with E-state index in [1.165, 1.54) is 4.90 Å². The second kappa shape index (κ2) is 7.74. The zero-order valence-electron chi connectivity index (χ0n) is 17.1. The van der Waals surface area contributed by atoms with E-state index in [1.54, 1.807) is 39.3 Å². The van der Waals surface area contributed by atoms with Crippen LogP contribution in [0.3, 0.4) is 0 Å². The fraction of sp³-hybridized carbons (Fsp3) is 0.304. The van der Waals surface area contributed by atoms with E-state index >= 15 is 0 Å². The number of carbonyl (C=O) groups excluding carboxylic acids is 2. The number of carboxylic acid groups (broad SMARTS) is 1. The highest BCUT2D eigenvalue weighted by molar-refractivity contribution is 5.90. The lowest BCUT2D eigenvalue weighted by atomic mass is 9.87. The molecule has 0 saturated heterocycles. The Morgan fingerprint density at radius 2 is 1.93 bits per heavy atom. The van der Waals surface area contributed by atoms with Gasteiger partial charge in [-0.3, -0.25) is 4.79 Å². The Bertz CT molecular complexity index is 1120. The summed E-state index contributed by atoms with van der Waals surface area (Å²) < 4.78 is 11.0. The molecule has 0 fully saturated rings. The maximum Gasteiger partial charge on any atom is 0.223 e. The van der Waals surface area contributed by atoms with Gasteiger partial charge in [0.05, 0.1) is 26.2 Å². The van der Waals surface area contributed by atoms with Crippen LogP contribution >= 0.6 is 0 Å². The number of rotatable bonds is 5. The van der Waals surface area contributed by atoms with Crippen LogP contribution in [0.25, 0.3) is 10.9 Å². The summed E-state index contributed by atoms with van der Waals surface area (Å²) in [6.07, 6.45) is 0.346. The molecular formula is C23H23N2O5-. The summed E-state index contributed by atoms with van der Waals surface area (Å²) in [5.74, 6) is -0.427. The Kier molecular flexibility index (Phi) is 5.11. The lowest BCUT2D eigenvalue weighted by molar-refractivity contribution is -0.312. The fourth-order valence-electron chi connectivity index (χ4n) is 4.34. The average Bonchev–Trinajstić information content (AvgIpc) is 3.15. The monoisotopic (exact) mass is 407 g/mol. The molecule has 2 aromatic carbocycles. The first kappa shape index (κ1) is 19.8. The summed E-state index contributed by atoms with van der Waals surface area (Å²) in [6, 6.07) is 11.2. The SMILES string of the molecule is CCC(=O)N1[C@@H](c2cc(OC)ccc2OC)c2[nH]c3ccccc3c2C[C@@H]1C(=O)[O-]. The zero-order chi connectivity index (χ0) is 21.4. The highest BCUT2D eigenvalue weighted by Gasteiger charge is 2.41. The number of amides is 1. The van der Waals surface area contributed by atoms with Crippen molar-refractivity contribution in [3.8, 4) is 11.5 Å². The number of benzene rings is 2. The van der Waals surface area contributed by atoms with Crippen LogP contribution in [-0.2, 0) is 16.0 Å². The van der Waals surface area contributed by atoms with Crippen molar-refractivity contribution in [3.63, 3.8) is 0 Å². The van der Waals surface area contributed by atoms with Gasteiger partial charge in [0.15, 0.2) is 0 Å². The first-order valence-electron chi connectivity index (χ1n) is 9.83. The van der Waals surface area contributed by atoms with Crippen LogP contribution in [0.2, 0.25) is 0 Å². The number of aromatic amines is 1. The minimum atomic E-state index is -1.28. The Labute approximate surface area is 174 Å². The molecule has 7 nitrogen and oxygen atoms in total. The highest BCUT2D eigenvalue weighted by Crippen LogP contribution is 2.44. The summed E-state index contributed by atoms with van der Waals surface area (Å²) >= 11 is 0. The molecule has 0 aliphatic carbocycles. The van der Waals surface area contributed by atoms with Gasteiger partial charge in [0, 0.05) is 35.0 Å². The van der Waals surface area contributed by atoms with Gasteiger partial charge in [-0.1, -0.05) is 25.1 Å². The number of H-pyrrole nitrogens is 1. The van der Waals surface area contributed by atoms with Crippen molar-refractivity contribution >= 4 is 22.8 Å². The Morgan fingerprint density at radius 3 is 2.60 bits per heavy atom. The third-order valence-electron chi connectivity index (χ3n) is 5.73. The minimum Gasteiger partial charge on any atom is -0.548 e. The van der Waals surface area contributed by atoms with Crippen LogP contribution in [0.4, 0.5) is 0 Å². The van der Waals surface area contributed by atoms with Gasteiger partial charge in [-0.25, -0.2) is 0 Å². The van der Waals surface area contributed by atoms with Crippen LogP contribution in [0, 0.1) is 0 Å². The largest absolute Gasteiger partial charge is 0.548 e. The number of aromatic nitrogens is 1. The molecule has 1 N–H and O–H groups in total. The number of hydrogen-bond donors (Lipinski definition) is 1. The van der Waals surface area contributed by atoms with Gasteiger partial charge in [-0.2, -0.15) is 0 Å². The molecule has 0 bridgehead atoms. The van der Waals surface area contributed by atoms with Gasteiger partial charge < -0.3 is 29.3 Å². The van der Waals surface area contributed by atoms with Crippen LogP contribution in [0.15, 0.2) is 42.5 Å². The Balaban J connectivity index is 2.04. The van der Waals surface area contributed by atoms with Gasteiger partial charge in [0.2, 0.25) is 5.91 Å². The number of nitrogens with zero attached hydrogens (tertiary/aromatic N) is 1. The minimum absolute atomic E-state index is 0.169. The molecule has 30 heavy (non-hydrogen) atoms. The van der Waals surface area contributed by atoms with Gasteiger partial charge in [0.1, 0.15) is 17.5 Å². The van der Waals surface area contributed by atoms with E-state index < -0.39 is 18.1 Å². The maximum absolute atomic E-state index is 13.0. The van der Waals surface area contributed by atoms with E-state index in [0.717, 1.165) is 22.2 Å². The van der Waals surface area contributed by atoms with E-state index in [9.17, 15) is 14.7 Å². The first-order valence-corrected chi connectivity index (χ1v) is 9.83. The lowest BCUT2D eigenvalue weighted by Crippen LogP contribution is -2.55. The van der Waals surface area contributed by atoms with Crippen molar-refractivity contribution in [2.75, 3.05) is 14.2 Å². The number of methoxy groups -OCH3 is 2. The van der Waals surface area contributed by atoms with Crippen molar-refractivity contribution in [2.45, 2.75) is 31.8 Å². The van der Waals surface area contributed by atoms with Crippen molar-refractivity contribution in [1.29, 1.82) is 0 Å². The van der Waals surface area contributed by atoms with Crippen LogP contribution < -0.4 is 14.6 Å². The molecular weight excluding hydrogens is 384 g/mol. The summed E-state index contributed by atoms with van der Waals surface area (Å²) in [5.41, 5.74) is 3.19. The van der Waals surface area contributed by atoms with Crippen molar-refractivity contribution in [2.24, 2.45) is 0 Å². The van der Waals surface area contributed by atoms with Gasteiger partial charge in [0.25, 0.3) is 0 Å². The second-order valence-corrected chi connectivity index (χ2v) is 7.27. The Morgan fingerprint density at radius 1 is 1.17 bits per heavy atom. The number of hydrogen-bond acceptors (Lipinski definition) is 5. The zero-order valence-corrected chi connectivity index (χ0v) is 17.1. The number of ether oxygens (including phenoxy) is 2. The number of nitrogens with one attached hydrogen (secondary N) is 1. The smallest absolute Gasteiger partial charge is 0.223 e. The number of fused-ring (bicyclic) bond motifs is 3. The molecule has 0 saturated carbocycles. The van der Waals surface area contributed by atoms with E-state index in [4.69, 9.17) is 9.47 Å². The average molecular weight is 407 g/mol. The van der Waals surface area contributed by atoms with Crippen molar-refractivity contribution in [1.82, 2.24) is 9.88 Å². The highest BCUT2D eigenvalue weighted by atomic mass is 16.5. The molecule has 4 rings (SSSR count).